The molecule has 0 saturated carbocycles. The third kappa shape index (κ3) is 2.24. The molecule has 92 valence electrons. The molecule has 2 atom stereocenters. The number of hydrogen-bond acceptors (Lipinski definition) is 5. The number of nitrogens with zero attached hydrogens (tertiary/aromatic N) is 2. The highest BCUT2D eigenvalue weighted by molar-refractivity contribution is 5.56. The molecule has 2 aromatic heterocycles. The molecular formula is C12H17N3O2. The second-order valence-electron chi connectivity index (χ2n) is 4.26. The second-order valence-corrected chi connectivity index (χ2v) is 4.26. The first kappa shape index (κ1) is 11.9. The van der Waals surface area contributed by atoms with Crippen molar-refractivity contribution in [2.24, 2.45) is 11.7 Å². The van der Waals surface area contributed by atoms with Crippen LogP contribution in [0.4, 0.5) is 0 Å². The Morgan fingerprint density at radius 1 is 1.47 bits per heavy atom. The first-order valence-electron chi connectivity index (χ1n) is 5.77. The molecule has 17 heavy (non-hydrogen) atoms. The van der Waals surface area contributed by atoms with Gasteiger partial charge in [-0.2, -0.15) is 4.98 Å². The van der Waals surface area contributed by atoms with Gasteiger partial charge in [-0.1, -0.05) is 25.4 Å². The maximum absolute atomic E-state index is 6.03. The van der Waals surface area contributed by atoms with Crippen LogP contribution >= 0.6 is 0 Å². The normalized spacial score (nSPS) is 14.8. The van der Waals surface area contributed by atoms with Gasteiger partial charge in [0.2, 0.25) is 11.7 Å². The molecule has 5 heteroatoms. The third-order valence-corrected chi connectivity index (χ3v) is 3.08. The van der Waals surface area contributed by atoms with E-state index in [0.717, 1.165) is 17.7 Å². The Morgan fingerprint density at radius 3 is 2.82 bits per heavy atom. The molecule has 2 rings (SSSR count). The summed E-state index contributed by atoms with van der Waals surface area (Å²) in [5.74, 6) is 2.10. The third-order valence-electron chi connectivity index (χ3n) is 3.08. The Labute approximate surface area is 100.0 Å². The summed E-state index contributed by atoms with van der Waals surface area (Å²) in [6, 6.07) is 1.60. The smallest absolute Gasteiger partial charge is 0.244 e. The van der Waals surface area contributed by atoms with Crippen LogP contribution in [0.1, 0.15) is 38.0 Å². The van der Waals surface area contributed by atoms with Crippen LogP contribution in [0.2, 0.25) is 0 Å². The summed E-state index contributed by atoms with van der Waals surface area (Å²) < 4.78 is 10.4. The number of rotatable bonds is 4. The summed E-state index contributed by atoms with van der Waals surface area (Å²) in [4.78, 5) is 4.32. The maximum Gasteiger partial charge on any atom is 0.244 e. The minimum absolute atomic E-state index is 0.214. The quantitative estimate of drug-likeness (QED) is 0.881. The van der Waals surface area contributed by atoms with Gasteiger partial charge in [0.15, 0.2) is 0 Å². The van der Waals surface area contributed by atoms with Gasteiger partial charge in [-0.3, -0.25) is 0 Å². The lowest BCUT2D eigenvalue weighted by Gasteiger charge is -2.12. The summed E-state index contributed by atoms with van der Waals surface area (Å²) in [5, 5.41) is 3.93. The molecule has 0 aliphatic rings. The summed E-state index contributed by atoms with van der Waals surface area (Å²) in [6.45, 7) is 6.01. The molecule has 2 heterocycles. The molecule has 0 fully saturated rings. The van der Waals surface area contributed by atoms with E-state index in [1.54, 1.807) is 6.26 Å². The van der Waals surface area contributed by atoms with Crippen molar-refractivity contribution in [3.8, 4) is 11.4 Å². The average Bonchev–Trinajstić information content (AvgIpc) is 2.95. The summed E-state index contributed by atoms with van der Waals surface area (Å²) in [7, 11) is 0. The van der Waals surface area contributed by atoms with Crippen molar-refractivity contribution in [2.75, 3.05) is 0 Å². The number of aromatic nitrogens is 2. The fraction of sp³-hybridized carbons (Fsp3) is 0.500. The standard InChI is InChI=1S/C12H17N3O2/c1-4-7(2)10(13)12-14-11(15-17-12)9-5-6-16-8(9)3/h5-7,10H,4,13H2,1-3H3/t7?,10-/m0/s1. The van der Waals surface area contributed by atoms with E-state index in [1.807, 2.05) is 13.0 Å². The van der Waals surface area contributed by atoms with Crippen LogP contribution in [0, 0.1) is 12.8 Å². The Hall–Kier alpha value is -1.62. The predicted octanol–water partition coefficient (Wildman–Crippen LogP) is 2.68. The monoisotopic (exact) mass is 235 g/mol. The van der Waals surface area contributed by atoms with Crippen molar-refractivity contribution in [2.45, 2.75) is 33.2 Å². The highest BCUT2D eigenvalue weighted by Gasteiger charge is 2.21. The Morgan fingerprint density at radius 2 is 2.24 bits per heavy atom. The highest BCUT2D eigenvalue weighted by atomic mass is 16.5. The topological polar surface area (TPSA) is 78.1 Å². The molecule has 0 saturated heterocycles. The Bertz CT molecular complexity index is 489. The molecule has 0 aliphatic heterocycles. The van der Waals surface area contributed by atoms with E-state index < -0.39 is 0 Å². The van der Waals surface area contributed by atoms with Crippen LogP contribution in [0.5, 0.6) is 0 Å². The molecular weight excluding hydrogens is 218 g/mol. The fourth-order valence-electron chi connectivity index (χ4n) is 1.59. The molecule has 1 unspecified atom stereocenters. The minimum atomic E-state index is -0.214. The second kappa shape index (κ2) is 4.71. The first-order valence-corrected chi connectivity index (χ1v) is 5.77. The molecule has 0 radical (unpaired) electrons. The molecule has 5 nitrogen and oxygen atoms in total. The summed E-state index contributed by atoms with van der Waals surface area (Å²) in [6.07, 6.45) is 2.58. The van der Waals surface area contributed by atoms with E-state index in [9.17, 15) is 0 Å². The van der Waals surface area contributed by atoms with Crippen LogP contribution in [0.15, 0.2) is 21.3 Å². The lowest BCUT2D eigenvalue weighted by molar-refractivity contribution is 0.312. The van der Waals surface area contributed by atoms with E-state index >= 15 is 0 Å². The van der Waals surface area contributed by atoms with Gasteiger partial charge in [-0.15, -0.1) is 0 Å². The van der Waals surface area contributed by atoms with Crippen LogP contribution in [0.25, 0.3) is 11.4 Å². The fourth-order valence-corrected chi connectivity index (χ4v) is 1.59. The van der Waals surface area contributed by atoms with Crippen LogP contribution in [-0.4, -0.2) is 10.1 Å². The van der Waals surface area contributed by atoms with Gasteiger partial charge in [0.25, 0.3) is 0 Å². The SMILES string of the molecule is CCC(C)[C@H](N)c1nc(-c2ccoc2C)no1. The zero-order valence-corrected chi connectivity index (χ0v) is 10.3. The van der Waals surface area contributed by atoms with E-state index in [1.165, 1.54) is 0 Å². The van der Waals surface area contributed by atoms with Crippen molar-refractivity contribution in [1.82, 2.24) is 10.1 Å². The predicted molar refractivity (Wildman–Crippen MR) is 63.1 cm³/mol. The molecule has 0 aliphatic carbocycles. The lowest BCUT2D eigenvalue weighted by Crippen LogP contribution is -2.18. The molecule has 0 amide bonds. The number of aryl methyl sites for hydroxylation is 1. The molecule has 0 spiro atoms. The van der Waals surface area contributed by atoms with Crippen molar-refractivity contribution >= 4 is 0 Å². The highest BCUT2D eigenvalue weighted by Crippen LogP contribution is 2.25. The van der Waals surface area contributed by atoms with Crippen molar-refractivity contribution in [1.29, 1.82) is 0 Å². The molecule has 0 bridgehead atoms. The molecule has 2 N–H and O–H groups in total. The summed E-state index contributed by atoms with van der Waals surface area (Å²) in [5.41, 5.74) is 6.88. The number of hydrogen-bond donors (Lipinski definition) is 1. The van der Waals surface area contributed by atoms with Gasteiger partial charge in [0.1, 0.15) is 5.76 Å². The zero-order valence-electron chi connectivity index (χ0n) is 10.3. The van der Waals surface area contributed by atoms with Crippen LogP contribution in [-0.2, 0) is 0 Å². The van der Waals surface area contributed by atoms with Crippen LogP contribution in [0.3, 0.4) is 0 Å². The average molecular weight is 235 g/mol. The van der Waals surface area contributed by atoms with Gasteiger partial charge in [0.05, 0.1) is 17.9 Å². The van der Waals surface area contributed by atoms with Gasteiger partial charge >= 0.3 is 0 Å². The van der Waals surface area contributed by atoms with Gasteiger partial charge in [-0.25, -0.2) is 0 Å². The van der Waals surface area contributed by atoms with E-state index in [0.29, 0.717) is 17.6 Å². The van der Waals surface area contributed by atoms with Gasteiger partial charge in [-0.05, 0) is 18.9 Å². The van der Waals surface area contributed by atoms with Crippen LogP contribution < -0.4 is 5.73 Å². The number of furan rings is 1. The van der Waals surface area contributed by atoms with E-state index in [-0.39, 0.29) is 6.04 Å². The minimum Gasteiger partial charge on any atom is -0.469 e. The lowest BCUT2D eigenvalue weighted by atomic mass is 10.0. The van der Waals surface area contributed by atoms with Crippen molar-refractivity contribution < 1.29 is 8.94 Å². The van der Waals surface area contributed by atoms with Gasteiger partial charge < -0.3 is 14.7 Å². The molecule has 0 aromatic carbocycles. The maximum atomic E-state index is 6.03. The van der Waals surface area contributed by atoms with E-state index in [4.69, 9.17) is 14.7 Å². The molecule has 2 aromatic rings. The van der Waals surface area contributed by atoms with Crippen molar-refractivity contribution in [3.05, 3.63) is 24.0 Å². The van der Waals surface area contributed by atoms with E-state index in [2.05, 4.69) is 24.0 Å². The Kier molecular flexibility index (Phi) is 3.28. The van der Waals surface area contributed by atoms with Gasteiger partial charge in [0, 0.05) is 0 Å². The Balaban J connectivity index is 2.25. The number of nitrogens with two attached hydrogens (primary N) is 1. The van der Waals surface area contributed by atoms with Crippen molar-refractivity contribution in [3.63, 3.8) is 0 Å². The summed E-state index contributed by atoms with van der Waals surface area (Å²) >= 11 is 0. The first-order chi connectivity index (χ1) is 8.13. The zero-order chi connectivity index (χ0) is 12.4. The largest absolute Gasteiger partial charge is 0.469 e.